The lowest BCUT2D eigenvalue weighted by atomic mass is 10.0. The fourth-order valence-electron chi connectivity index (χ4n) is 2.37. The van der Waals surface area contributed by atoms with Gasteiger partial charge in [-0.15, -0.1) is 11.3 Å². The molecule has 21 heavy (non-hydrogen) atoms. The van der Waals surface area contributed by atoms with Gasteiger partial charge >= 0.3 is 0 Å². The molecule has 0 saturated carbocycles. The molecule has 0 aliphatic heterocycles. The molecule has 1 amide bonds. The molecule has 2 aromatic rings. The highest BCUT2D eigenvalue weighted by molar-refractivity contribution is 7.14. The van der Waals surface area contributed by atoms with E-state index in [1.165, 1.54) is 11.3 Å². The molecule has 1 atom stereocenters. The maximum absolute atomic E-state index is 12.6. The number of aliphatic hydroxyl groups excluding tert-OH is 1. The van der Waals surface area contributed by atoms with E-state index in [1.54, 1.807) is 4.90 Å². The Morgan fingerprint density at radius 2 is 1.86 bits per heavy atom. The number of benzene rings is 1. The van der Waals surface area contributed by atoms with Gasteiger partial charge in [-0.1, -0.05) is 30.3 Å². The fraction of sp³-hybridized carbons (Fsp3) is 0.353. The molecular weight excluding hydrogens is 282 g/mol. The van der Waals surface area contributed by atoms with Gasteiger partial charge in [-0.2, -0.15) is 0 Å². The second-order valence-electron chi connectivity index (χ2n) is 4.93. The third-order valence-electron chi connectivity index (χ3n) is 3.54. The molecule has 0 aliphatic rings. The van der Waals surface area contributed by atoms with E-state index in [4.69, 9.17) is 0 Å². The van der Waals surface area contributed by atoms with Gasteiger partial charge in [0.25, 0.3) is 5.91 Å². The van der Waals surface area contributed by atoms with Gasteiger partial charge < -0.3 is 10.0 Å². The number of amides is 1. The SMILES string of the molecule is CCN(CC)C(=O)c1sc(C)cc1C(O)c1ccccc1. The van der Waals surface area contributed by atoms with Crippen LogP contribution in [0.5, 0.6) is 0 Å². The zero-order valence-electron chi connectivity index (χ0n) is 12.7. The van der Waals surface area contributed by atoms with Crippen LogP contribution >= 0.6 is 11.3 Å². The minimum absolute atomic E-state index is 0.00285. The third kappa shape index (κ3) is 3.34. The molecule has 112 valence electrons. The average Bonchev–Trinajstić information content (AvgIpc) is 2.90. The number of hydrogen-bond donors (Lipinski definition) is 1. The zero-order valence-corrected chi connectivity index (χ0v) is 13.5. The van der Waals surface area contributed by atoms with E-state index in [0.717, 1.165) is 10.4 Å². The molecule has 1 N–H and O–H groups in total. The standard InChI is InChI=1S/C17H21NO2S/c1-4-18(5-2)17(20)16-14(11-12(3)21-16)15(19)13-9-7-6-8-10-13/h6-11,15,19H,4-5H2,1-3H3. The molecule has 4 heteroatoms. The van der Waals surface area contributed by atoms with Crippen LogP contribution in [0.4, 0.5) is 0 Å². The first-order valence-electron chi connectivity index (χ1n) is 7.21. The summed E-state index contributed by atoms with van der Waals surface area (Å²) in [5, 5.41) is 10.6. The van der Waals surface area contributed by atoms with Crippen LogP contribution < -0.4 is 0 Å². The Kier molecular flexibility index (Phi) is 5.15. The number of rotatable bonds is 5. The first kappa shape index (κ1) is 15.7. The highest BCUT2D eigenvalue weighted by atomic mass is 32.1. The third-order valence-corrected chi connectivity index (χ3v) is 4.59. The van der Waals surface area contributed by atoms with Crippen molar-refractivity contribution in [1.29, 1.82) is 0 Å². The largest absolute Gasteiger partial charge is 0.384 e. The van der Waals surface area contributed by atoms with Crippen molar-refractivity contribution in [1.82, 2.24) is 4.90 Å². The summed E-state index contributed by atoms with van der Waals surface area (Å²) < 4.78 is 0. The molecule has 1 aromatic heterocycles. The van der Waals surface area contributed by atoms with Crippen LogP contribution in [0.25, 0.3) is 0 Å². The molecule has 0 bridgehead atoms. The smallest absolute Gasteiger partial charge is 0.264 e. The van der Waals surface area contributed by atoms with Gasteiger partial charge in [0.1, 0.15) is 6.10 Å². The number of carbonyl (C=O) groups excluding carboxylic acids is 1. The quantitative estimate of drug-likeness (QED) is 0.916. The second-order valence-corrected chi connectivity index (χ2v) is 6.19. The summed E-state index contributed by atoms with van der Waals surface area (Å²) in [6, 6.07) is 11.4. The Hall–Kier alpha value is -1.65. The van der Waals surface area contributed by atoms with Crippen molar-refractivity contribution in [2.45, 2.75) is 26.9 Å². The summed E-state index contributed by atoms with van der Waals surface area (Å²) in [4.78, 5) is 16.1. The first-order valence-corrected chi connectivity index (χ1v) is 8.02. The molecule has 0 saturated heterocycles. The second kappa shape index (κ2) is 6.87. The van der Waals surface area contributed by atoms with Gasteiger partial charge in [0.15, 0.2) is 0 Å². The molecule has 0 spiro atoms. The number of carbonyl (C=O) groups is 1. The van der Waals surface area contributed by atoms with Gasteiger partial charge in [-0.25, -0.2) is 0 Å². The summed E-state index contributed by atoms with van der Waals surface area (Å²) in [6.45, 7) is 7.25. The number of nitrogens with zero attached hydrogens (tertiary/aromatic N) is 1. The van der Waals surface area contributed by atoms with E-state index in [-0.39, 0.29) is 5.91 Å². The van der Waals surface area contributed by atoms with Gasteiger partial charge in [-0.3, -0.25) is 4.79 Å². The average molecular weight is 303 g/mol. The van der Waals surface area contributed by atoms with Gasteiger partial charge in [-0.05, 0) is 32.4 Å². The molecule has 1 heterocycles. The maximum atomic E-state index is 12.6. The Balaban J connectivity index is 2.39. The number of hydrogen-bond acceptors (Lipinski definition) is 3. The van der Waals surface area contributed by atoms with Crippen LogP contribution in [0.2, 0.25) is 0 Å². The molecule has 1 unspecified atom stereocenters. The highest BCUT2D eigenvalue weighted by Crippen LogP contribution is 2.32. The van der Waals surface area contributed by atoms with Crippen molar-refractivity contribution in [3.05, 3.63) is 57.3 Å². The van der Waals surface area contributed by atoms with E-state index in [9.17, 15) is 9.90 Å². The van der Waals surface area contributed by atoms with Crippen LogP contribution in [0, 0.1) is 6.92 Å². The van der Waals surface area contributed by atoms with Crippen molar-refractivity contribution in [3.8, 4) is 0 Å². The Labute approximate surface area is 129 Å². The van der Waals surface area contributed by atoms with Crippen LogP contribution in [0.15, 0.2) is 36.4 Å². The topological polar surface area (TPSA) is 40.5 Å². The van der Waals surface area contributed by atoms with Crippen molar-refractivity contribution in [3.63, 3.8) is 0 Å². The summed E-state index contributed by atoms with van der Waals surface area (Å²) >= 11 is 1.45. The monoisotopic (exact) mass is 303 g/mol. The summed E-state index contributed by atoms with van der Waals surface area (Å²) in [7, 11) is 0. The Bertz CT molecular complexity index is 603. The predicted molar refractivity (Wildman–Crippen MR) is 86.8 cm³/mol. The van der Waals surface area contributed by atoms with Crippen molar-refractivity contribution >= 4 is 17.2 Å². The zero-order chi connectivity index (χ0) is 15.4. The van der Waals surface area contributed by atoms with Crippen molar-refractivity contribution in [2.24, 2.45) is 0 Å². The maximum Gasteiger partial charge on any atom is 0.264 e. The molecule has 0 radical (unpaired) electrons. The molecule has 2 rings (SSSR count). The van der Waals surface area contributed by atoms with E-state index < -0.39 is 6.10 Å². The van der Waals surface area contributed by atoms with Crippen LogP contribution in [0.1, 0.15) is 45.6 Å². The molecule has 0 aliphatic carbocycles. The normalized spacial score (nSPS) is 12.2. The number of aliphatic hydroxyl groups is 1. The summed E-state index contributed by atoms with van der Waals surface area (Å²) in [6.07, 6.45) is -0.759. The summed E-state index contributed by atoms with van der Waals surface area (Å²) in [5.74, 6) is 0.00285. The van der Waals surface area contributed by atoms with Crippen LogP contribution in [-0.4, -0.2) is 29.0 Å². The van der Waals surface area contributed by atoms with E-state index >= 15 is 0 Å². The predicted octanol–water partition coefficient (Wildman–Crippen LogP) is 3.62. The minimum atomic E-state index is -0.759. The van der Waals surface area contributed by atoms with Crippen molar-refractivity contribution in [2.75, 3.05) is 13.1 Å². The van der Waals surface area contributed by atoms with Gasteiger partial charge in [0.05, 0.1) is 4.88 Å². The first-order chi connectivity index (χ1) is 10.1. The minimum Gasteiger partial charge on any atom is -0.384 e. The number of aryl methyl sites for hydroxylation is 1. The van der Waals surface area contributed by atoms with Gasteiger partial charge in [0, 0.05) is 23.5 Å². The van der Waals surface area contributed by atoms with E-state index in [2.05, 4.69) is 0 Å². The fourth-order valence-corrected chi connectivity index (χ4v) is 3.39. The van der Waals surface area contributed by atoms with Crippen molar-refractivity contribution < 1.29 is 9.90 Å². The number of thiophene rings is 1. The van der Waals surface area contributed by atoms with E-state index in [1.807, 2.05) is 57.2 Å². The van der Waals surface area contributed by atoms with E-state index in [0.29, 0.717) is 23.5 Å². The lowest BCUT2D eigenvalue weighted by molar-refractivity contribution is 0.0773. The molecule has 1 aromatic carbocycles. The summed E-state index contributed by atoms with van der Waals surface area (Å²) in [5.41, 5.74) is 1.52. The van der Waals surface area contributed by atoms with Gasteiger partial charge in [0.2, 0.25) is 0 Å². The molecular formula is C17H21NO2S. The van der Waals surface area contributed by atoms with Crippen LogP contribution in [-0.2, 0) is 0 Å². The lowest BCUT2D eigenvalue weighted by Crippen LogP contribution is -2.30. The Morgan fingerprint density at radius 3 is 2.43 bits per heavy atom. The molecule has 3 nitrogen and oxygen atoms in total. The lowest BCUT2D eigenvalue weighted by Gasteiger charge is -2.19. The molecule has 0 fully saturated rings. The highest BCUT2D eigenvalue weighted by Gasteiger charge is 2.24. The Morgan fingerprint density at radius 1 is 1.24 bits per heavy atom. The van der Waals surface area contributed by atoms with Crippen LogP contribution in [0.3, 0.4) is 0 Å².